The third-order valence-corrected chi connectivity index (χ3v) is 3.55. The van der Waals surface area contributed by atoms with E-state index in [1.165, 1.54) is 12.8 Å². The Bertz CT molecular complexity index is 410. The Hall–Kier alpha value is -1.24. The van der Waals surface area contributed by atoms with Crippen molar-refractivity contribution in [3.63, 3.8) is 0 Å². The van der Waals surface area contributed by atoms with Crippen LogP contribution in [0.1, 0.15) is 30.8 Å². The number of nitrogens with one attached hydrogen (secondary N) is 1. The molecule has 19 heavy (non-hydrogen) atoms. The summed E-state index contributed by atoms with van der Waals surface area (Å²) in [6.07, 6.45) is 3.28. The Balaban J connectivity index is 1.98. The first-order valence-electron chi connectivity index (χ1n) is 6.85. The van der Waals surface area contributed by atoms with Gasteiger partial charge in [0.2, 0.25) is 0 Å². The van der Waals surface area contributed by atoms with Crippen LogP contribution in [0.15, 0.2) is 6.07 Å². The molecule has 0 radical (unpaired) electrons. The fraction of sp³-hybridized carbons (Fsp3) is 0.692. The third kappa shape index (κ3) is 4.12. The van der Waals surface area contributed by atoms with Crippen LogP contribution in [-0.4, -0.2) is 39.7 Å². The van der Waals surface area contributed by atoms with Crippen LogP contribution in [0, 0.1) is 12.8 Å². The highest BCUT2D eigenvalue weighted by molar-refractivity contribution is 5.33. The number of nitrogen functional groups attached to an aromatic ring is 1. The molecule has 1 aliphatic rings. The van der Waals surface area contributed by atoms with E-state index in [1.807, 2.05) is 13.0 Å². The normalized spacial score (nSPS) is 20.5. The number of nitrogens with zero attached hydrogens (tertiary/aromatic N) is 3. The molecule has 0 amide bonds. The van der Waals surface area contributed by atoms with Gasteiger partial charge in [0.15, 0.2) is 0 Å². The van der Waals surface area contributed by atoms with Gasteiger partial charge in [-0.05, 0) is 38.6 Å². The molecule has 1 aromatic rings. The molecule has 6 nitrogen and oxygen atoms in total. The molecule has 1 fully saturated rings. The highest BCUT2D eigenvalue weighted by Gasteiger charge is 2.20. The van der Waals surface area contributed by atoms with Crippen molar-refractivity contribution in [1.29, 1.82) is 0 Å². The summed E-state index contributed by atoms with van der Waals surface area (Å²) < 4.78 is 0. The van der Waals surface area contributed by atoms with Crippen molar-refractivity contribution < 1.29 is 5.11 Å². The van der Waals surface area contributed by atoms with E-state index >= 15 is 0 Å². The third-order valence-electron chi connectivity index (χ3n) is 3.55. The quantitative estimate of drug-likeness (QED) is 0.535. The molecule has 0 saturated carbocycles. The molecule has 0 spiro atoms. The number of hydrogen-bond acceptors (Lipinski definition) is 6. The van der Waals surface area contributed by atoms with Crippen molar-refractivity contribution in [2.75, 3.05) is 25.1 Å². The molecule has 0 bridgehead atoms. The smallest absolute Gasteiger partial charge is 0.145 e. The van der Waals surface area contributed by atoms with E-state index in [0.29, 0.717) is 11.7 Å². The van der Waals surface area contributed by atoms with Gasteiger partial charge >= 0.3 is 0 Å². The van der Waals surface area contributed by atoms with Crippen LogP contribution in [0.4, 0.5) is 5.82 Å². The Morgan fingerprint density at radius 3 is 3.11 bits per heavy atom. The Kier molecular flexibility index (Phi) is 5.07. The fourth-order valence-electron chi connectivity index (χ4n) is 2.69. The zero-order valence-corrected chi connectivity index (χ0v) is 11.5. The average Bonchev–Trinajstić information content (AvgIpc) is 2.39. The predicted octanol–water partition coefficient (Wildman–Crippen LogP) is 0.665. The molecule has 6 heteroatoms. The minimum Gasteiger partial charge on any atom is -0.396 e. The molecule has 2 heterocycles. The topological polar surface area (TPSA) is 87.3 Å². The minimum absolute atomic E-state index is 0.278. The first-order valence-corrected chi connectivity index (χ1v) is 6.85. The zero-order chi connectivity index (χ0) is 13.7. The summed E-state index contributed by atoms with van der Waals surface area (Å²) in [4.78, 5) is 11.2. The van der Waals surface area contributed by atoms with Crippen molar-refractivity contribution >= 4 is 5.82 Å². The number of aliphatic hydroxyl groups excluding tert-OH is 1. The van der Waals surface area contributed by atoms with Crippen molar-refractivity contribution in [2.45, 2.75) is 32.7 Å². The molecule has 2 rings (SSSR count). The van der Waals surface area contributed by atoms with Crippen molar-refractivity contribution in [3.05, 3.63) is 17.6 Å². The lowest BCUT2D eigenvalue weighted by molar-refractivity contribution is 0.140. The summed E-state index contributed by atoms with van der Waals surface area (Å²) in [5.74, 6) is 7.46. The Morgan fingerprint density at radius 2 is 2.37 bits per heavy atom. The lowest BCUT2D eigenvalue weighted by Gasteiger charge is -2.32. The van der Waals surface area contributed by atoms with Gasteiger partial charge in [-0.15, -0.1) is 0 Å². The number of hydrazine groups is 1. The molecule has 1 saturated heterocycles. The van der Waals surface area contributed by atoms with Gasteiger partial charge in [-0.1, -0.05) is 0 Å². The van der Waals surface area contributed by atoms with E-state index in [9.17, 15) is 0 Å². The maximum atomic E-state index is 9.03. The first-order chi connectivity index (χ1) is 9.21. The number of nitrogens with two attached hydrogens (primary N) is 1. The highest BCUT2D eigenvalue weighted by Crippen LogP contribution is 2.20. The standard InChI is InChI=1S/C13H23N5O/c1-10-7-12(17-14)16-13(15-10)9-18-5-2-3-11(8-18)4-6-19/h7,11,19H,2-6,8-9,14H2,1H3,(H,15,16,17). The van der Waals surface area contributed by atoms with Crippen LogP contribution in [0.5, 0.6) is 0 Å². The van der Waals surface area contributed by atoms with Gasteiger partial charge in [-0.3, -0.25) is 4.90 Å². The number of likely N-dealkylation sites (tertiary alicyclic amines) is 1. The maximum absolute atomic E-state index is 9.03. The van der Waals surface area contributed by atoms with Gasteiger partial charge in [-0.25, -0.2) is 15.8 Å². The van der Waals surface area contributed by atoms with Crippen molar-refractivity contribution in [3.8, 4) is 0 Å². The molecule has 106 valence electrons. The van der Waals surface area contributed by atoms with E-state index in [4.69, 9.17) is 10.9 Å². The van der Waals surface area contributed by atoms with Crippen LogP contribution >= 0.6 is 0 Å². The largest absolute Gasteiger partial charge is 0.396 e. The van der Waals surface area contributed by atoms with Crippen molar-refractivity contribution in [2.24, 2.45) is 11.8 Å². The summed E-state index contributed by atoms with van der Waals surface area (Å²) in [5, 5.41) is 9.03. The molecule has 1 atom stereocenters. The Morgan fingerprint density at radius 1 is 1.53 bits per heavy atom. The first kappa shape index (κ1) is 14.2. The summed E-state index contributed by atoms with van der Waals surface area (Å²) in [6.45, 7) is 5.06. The molecule has 4 N–H and O–H groups in total. The van der Waals surface area contributed by atoms with E-state index in [1.54, 1.807) is 0 Å². The lowest BCUT2D eigenvalue weighted by atomic mass is 9.95. The SMILES string of the molecule is Cc1cc(NN)nc(CN2CCCC(CCO)C2)n1. The van der Waals surface area contributed by atoms with Crippen LogP contribution in [-0.2, 0) is 6.54 Å². The molecule has 1 aromatic heterocycles. The van der Waals surface area contributed by atoms with E-state index in [0.717, 1.165) is 37.6 Å². The van der Waals surface area contributed by atoms with E-state index in [-0.39, 0.29) is 6.61 Å². The van der Waals surface area contributed by atoms with Crippen molar-refractivity contribution in [1.82, 2.24) is 14.9 Å². The number of aryl methyl sites for hydroxylation is 1. The van der Waals surface area contributed by atoms with Crippen LogP contribution in [0.25, 0.3) is 0 Å². The second-order valence-electron chi connectivity index (χ2n) is 5.21. The zero-order valence-electron chi connectivity index (χ0n) is 11.5. The minimum atomic E-state index is 0.278. The molecular weight excluding hydrogens is 242 g/mol. The summed E-state index contributed by atoms with van der Waals surface area (Å²) in [6, 6.07) is 1.83. The maximum Gasteiger partial charge on any atom is 0.145 e. The van der Waals surface area contributed by atoms with Crippen LogP contribution in [0.2, 0.25) is 0 Å². The van der Waals surface area contributed by atoms with E-state index in [2.05, 4.69) is 20.3 Å². The summed E-state index contributed by atoms with van der Waals surface area (Å²) in [7, 11) is 0. The number of piperidine rings is 1. The number of aliphatic hydroxyl groups is 1. The monoisotopic (exact) mass is 265 g/mol. The van der Waals surface area contributed by atoms with Gasteiger partial charge in [0.1, 0.15) is 11.6 Å². The number of anilines is 1. The second-order valence-corrected chi connectivity index (χ2v) is 5.21. The average molecular weight is 265 g/mol. The molecule has 0 aromatic carbocycles. The molecule has 1 unspecified atom stereocenters. The van der Waals surface area contributed by atoms with Crippen LogP contribution < -0.4 is 11.3 Å². The number of rotatable bonds is 5. The van der Waals surface area contributed by atoms with Gasteiger partial charge in [0, 0.05) is 24.9 Å². The number of hydrogen-bond donors (Lipinski definition) is 3. The molecular formula is C13H23N5O. The lowest BCUT2D eigenvalue weighted by Crippen LogP contribution is -2.35. The molecule has 1 aliphatic heterocycles. The van der Waals surface area contributed by atoms with Crippen LogP contribution in [0.3, 0.4) is 0 Å². The van der Waals surface area contributed by atoms with Gasteiger partial charge < -0.3 is 10.5 Å². The van der Waals surface area contributed by atoms with Gasteiger partial charge in [0.05, 0.1) is 6.54 Å². The predicted molar refractivity (Wildman–Crippen MR) is 74.3 cm³/mol. The van der Waals surface area contributed by atoms with Gasteiger partial charge in [0.25, 0.3) is 0 Å². The Labute approximate surface area is 114 Å². The van der Waals surface area contributed by atoms with E-state index < -0.39 is 0 Å². The molecule has 0 aliphatic carbocycles. The number of aromatic nitrogens is 2. The highest BCUT2D eigenvalue weighted by atomic mass is 16.3. The second kappa shape index (κ2) is 6.79. The summed E-state index contributed by atoms with van der Waals surface area (Å²) in [5.41, 5.74) is 3.49. The summed E-state index contributed by atoms with van der Waals surface area (Å²) >= 11 is 0. The fourth-order valence-corrected chi connectivity index (χ4v) is 2.69. The van der Waals surface area contributed by atoms with Gasteiger partial charge in [-0.2, -0.15) is 0 Å².